The van der Waals surface area contributed by atoms with Crippen molar-refractivity contribution >= 4 is 0 Å². The Kier molecular flexibility index (Phi) is 8.95. The molecule has 0 aromatic carbocycles. The molecule has 0 heterocycles. The lowest BCUT2D eigenvalue weighted by molar-refractivity contribution is 0.105. The van der Waals surface area contributed by atoms with Gasteiger partial charge in [0.05, 0.1) is 6.61 Å². The number of ether oxygens (including phenoxy) is 1. The maximum Gasteiger partial charge on any atom is 0.0822 e. The molecule has 0 aliphatic heterocycles. The summed E-state index contributed by atoms with van der Waals surface area (Å²) < 4.78 is 5.40. The van der Waals surface area contributed by atoms with E-state index in [0.29, 0.717) is 5.92 Å². The van der Waals surface area contributed by atoms with Gasteiger partial charge in [0, 0.05) is 13.2 Å². The molecule has 0 aromatic heterocycles. The number of unbranched alkanes of at least 4 members (excludes halogenated alkanes) is 3. The van der Waals surface area contributed by atoms with Gasteiger partial charge in [-0.15, -0.1) is 0 Å². The average Bonchev–Trinajstić information content (AvgIpc) is 2.02. The van der Waals surface area contributed by atoms with Crippen LogP contribution < -0.4 is 0 Å². The van der Waals surface area contributed by atoms with Crippen molar-refractivity contribution in [2.75, 3.05) is 19.8 Å². The van der Waals surface area contributed by atoms with Crippen molar-refractivity contribution in [3.63, 3.8) is 0 Å². The summed E-state index contributed by atoms with van der Waals surface area (Å²) in [6.45, 7) is 6.10. The van der Waals surface area contributed by atoms with Gasteiger partial charge in [0.1, 0.15) is 0 Å². The molecule has 0 aliphatic carbocycles. The second-order valence-electron chi connectivity index (χ2n) is 3.59. The lowest BCUT2D eigenvalue weighted by atomic mass is 10.2. The minimum absolute atomic E-state index is 0.0762. The molecule has 0 rings (SSSR count). The van der Waals surface area contributed by atoms with E-state index in [0.717, 1.165) is 38.9 Å². The molecule has 0 unspecified atom stereocenters. The Morgan fingerprint density at radius 1 is 1.08 bits per heavy atom. The van der Waals surface area contributed by atoms with E-state index in [2.05, 4.69) is 13.8 Å². The molecule has 0 saturated heterocycles. The second-order valence-corrected chi connectivity index (χ2v) is 3.59. The summed E-state index contributed by atoms with van der Waals surface area (Å²) in [7, 11) is 0. The summed E-state index contributed by atoms with van der Waals surface area (Å²) in [5, 5.41) is 10.1. The van der Waals surface area contributed by atoms with Crippen LogP contribution in [0.15, 0.2) is 0 Å². The van der Waals surface area contributed by atoms with E-state index >= 15 is 0 Å². The predicted molar refractivity (Wildman–Crippen MR) is 49.7 cm³/mol. The van der Waals surface area contributed by atoms with Gasteiger partial charge in [-0.05, 0) is 18.8 Å². The number of hydrogen-bond donors (Lipinski definition) is 0. The SMILES string of the molecule is CC(C)COCCCCCC[O]. The normalized spacial score (nSPS) is 11.0. The molecule has 2 nitrogen and oxygen atoms in total. The Labute approximate surface area is 75.9 Å². The van der Waals surface area contributed by atoms with Crippen molar-refractivity contribution in [3.8, 4) is 0 Å². The Balaban J connectivity index is 2.82. The minimum Gasteiger partial charge on any atom is -0.381 e. The highest BCUT2D eigenvalue weighted by atomic mass is 16.5. The summed E-state index contributed by atoms with van der Waals surface area (Å²) in [5.41, 5.74) is 0. The van der Waals surface area contributed by atoms with Gasteiger partial charge < -0.3 is 4.74 Å². The van der Waals surface area contributed by atoms with Crippen LogP contribution in [0.3, 0.4) is 0 Å². The summed E-state index contributed by atoms with van der Waals surface area (Å²) in [5.74, 6) is 0.631. The van der Waals surface area contributed by atoms with Crippen LogP contribution in [0.4, 0.5) is 0 Å². The first kappa shape index (κ1) is 11.9. The standard InChI is InChI=1S/C10H21O2/c1-10(2)9-12-8-6-4-3-5-7-11/h10H,3-9H2,1-2H3. The van der Waals surface area contributed by atoms with Crippen LogP contribution >= 0.6 is 0 Å². The first-order chi connectivity index (χ1) is 5.77. The average molecular weight is 173 g/mol. The first-order valence-electron chi connectivity index (χ1n) is 4.93. The van der Waals surface area contributed by atoms with Gasteiger partial charge in [-0.1, -0.05) is 26.7 Å². The fourth-order valence-corrected chi connectivity index (χ4v) is 0.979. The molecule has 0 amide bonds. The molecule has 12 heavy (non-hydrogen) atoms. The molecule has 0 saturated carbocycles. The van der Waals surface area contributed by atoms with Gasteiger partial charge in [-0.2, -0.15) is 0 Å². The zero-order chi connectivity index (χ0) is 9.23. The van der Waals surface area contributed by atoms with Gasteiger partial charge >= 0.3 is 0 Å². The molecule has 2 heteroatoms. The van der Waals surface area contributed by atoms with Gasteiger partial charge in [-0.3, -0.25) is 0 Å². The van der Waals surface area contributed by atoms with Crippen LogP contribution in [0.25, 0.3) is 0 Å². The zero-order valence-electron chi connectivity index (χ0n) is 8.34. The van der Waals surface area contributed by atoms with Crippen LogP contribution in [0.5, 0.6) is 0 Å². The quantitative estimate of drug-likeness (QED) is 0.519. The van der Waals surface area contributed by atoms with Crippen molar-refractivity contribution in [1.29, 1.82) is 0 Å². The van der Waals surface area contributed by atoms with E-state index in [-0.39, 0.29) is 6.61 Å². The Morgan fingerprint density at radius 3 is 2.33 bits per heavy atom. The van der Waals surface area contributed by atoms with E-state index < -0.39 is 0 Å². The summed E-state index contributed by atoms with van der Waals surface area (Å²) in [6.07, 6.45) is 4.13. The van der Waals surface area contributed by atoms with Crippen LogP contribution in [0.2, 0.25) is 0 Å². The van der Waals surface area contributed by atoms with E-state index in [1.807, 2.05) is 0 Å². The minimum atomic E-state index is 0.0762. The monoisotopic (exact) mass is 173 g/mol. The third kappa shape index (κ3) is 9.92. The lowest BCUT2D eigenvalue weighted by Crippen LogP contribution is -2.02. The molecule has 0 atom stereocenters. The van der Waals surface area contributed by atoms with Crippen molar-refractivity contribution in [2.24, 2.45) is 5.92 Å². The molecule has 1 radical (unpaired) electrons. The number of hydrogen-bond acceptors (Lipinski definition) is 1. The molecule has 0 fully saturated rings. The van der Waals surface area contributed by atoms with Crippen molar-refractivity contribution in [2.45, 2.75) is 39.5 Å². The molecule has 0 spiro atoms. The van der Waals surface area contributed by atoms with Crippen molar-refractivity contribution < 1.29 is 9.84 Å². The lowest BCUT2D eigenvalue weighted by Gasteiger charge is -2.05. The summed E-state index contributed by atoms with van der Waals surface area (Å²) >= 11 is 0. The van der Waals surface area contributed by atoms with Crippen LogP contribution in [0.1, 0.15) is 39.5 Å². The van der Waals surface area contributed by atoms with Crippen molar-refractivity contribution in [1.82, 2.24) is 0 Å². The van der Waals surface area contributed by atoms with E-state index in [9.17, 15) is 5.11 Å². The smallest absolute Gasteiger partial charge is 0.0822 e. The maximum atomic E-state index is 10.1. The third-order valence-corrected chi connectivity index (χ3v) is 1.63. The Hall–Kier alpha value is -0.0800. The van der Waals surface area contributed by atoms with E-state index in [1.165, 1.54) is 0 Å². The van der Waals surface area contributed by atoms with Crippen molar-refractivity contribution in [3.05, 3.63) is 0 Å². The molecule has 73 valence electrons. The Morgan fingerprint density at radius 2 is 1.75 bits per heavy atom. The van der Waals surface area contributed by atoms with E-state index in [1.54, 1.807) is 0 Å². The van der Waals surface area contributed by atoms with Crippen LogP contribution in [-0.4, -0.2) is 19.8 Å². The zero-order valence-corrected chi connectivity index (χ0v) is 8.34. The fraction of sp³-hybridized carbons (Fsp3) is 1.00. The van der Waals surface area contributed by atoms with Gasteiger partial charge in [0.2, 0.25) is 0 Å². The fourth-order valence-electron chi connectivity index (χ4n) is 0.979. The second kappa shape index (κ2) is 9.01. The number of rotatable bonds is 8. The van der Waals surface area contributed by atoms with Crippen LogP contribution in [-0.2, 0) is 9.84 Å². The van der Waals surface area contributed by atoms with Crippen LogP contribution in [0, 0.1) is 5.92 Å². The van der Waals surface area contributed by atoms with E-state index in [4.69, 9.17) is 4.74 Å². The highest BCUT2D eigenvalue weighted by molar-refractivity contribution is 4.43. The molecular weight excluding hydrogens is 152 g/mol. The first-order valence-corrected chi connectivity index (χ1v) is 4.93. The summed E-state index contributed by atoms with van der Waals surface area (Å²) in [6, 6.07) is 0. The highest BCUT2D eigenvalue weighted by Crippen LogP contribution is 2.00. The molecule has 0 aromatic rings. The molecule has 0 N–H and O–H groups in total. The van der Waals surface area contributed by atoms with Gasteiger partial charge in [0.15, 0.2) is 0 Å². The topological polar surface area (TPSA) is 29.1 Å². The highest BCUT2D eigenvalue weighted by Gasteiger charge is 1.93. The largest absolute Gasteiger partial charge is 0.381 e. The van der Waals surface area contributed by atoms with Gasteiger partial charge in [-0.25, -0.2) is 5.11 Å². The maximum absolute atomic E-state index is 10.1. The third-order valence-electron chi connectivity index (χ3n) is 1.63. The Bertz CT molecular complexity index is 81.9. The predicted octanol–water partition coefficient (Wildman–Crippen LogP) is 2.65. The molecule has 0 aliphatic rings. The molecule has 0 bridgehead atoms. The van der Waals surface area contributed by atoms with Gasteiger partial charge in [0.25, 0.3) is 0 Å². The molecular formula is C10H21O2. The summed E-state index contributed by atoms with van der Waals surface area (Å²) in [4.78, 5) is 0.